The van der Waals surface area contributed by atoms with E-state index < -0.39 is 11.8 Å². The maximum Gasteiger partial charge on any atom is 0.269 e. The zero-order chi connectivity index (χ0) is 18.5. The summed E-state index contributed by atoms with van der Waals surface area (Å²) < 4.78 is 5.53. The second-order valence-electron chi connectivity index (χ2n) is 5.91. The molecule has 0 saturated heterocycles. The summed E-state index contributed by atoms with van der Waals surface area (Å²) in [5.41, 5.74) is 6.70. The first-order valence-corrected chi connectivity index (χ1v) is 8.22. The molecule has 2 aromatic rings. The number of nitrogens with one attached hydrogen (secondary N) is 2. The van der Waals surface area contributed by atoms with Crippen molar-refractivity contribution < 1.29 is 19.1 Å². The van der Waals surface area contributed by atoms with Crippen molar-refractivity contribution in [2.45, 2.75) is 13.3 Å². The molecule has 0 bridgehead atoms. The molecule has 7 heteroatoms. The third-order valence-electron chi connectivity index (χ3n) is 3.96. The number of hydrogen-bond donors (Lipinski definition) is 2. The fourth-order valence-corrected chi connectivity index (χ4v) is 2.58. The summed E-state index contributed by atoms with van der Waals surface area (Å²) in [5, 5.41) is 0. The number of carbonyl (C=O) groups is 3. The predicted molar refractivity (Wildman–Crippen MR) is 95.7 cm³/mol. The van der Waals surface area contributed by atoms with Gasteiger partial charge in [-0.25, -0.2) is 0 Å². The van der Waals surface area contributed by atoms with E-state index in [-0.39, 0.29) is 25.5 Å². The molecule has 0 unspecified atom stereocenters. The lowest BCUT2D eigenvalue weighted by molar-refractivity contribution is -0.124. The quantitative estimate of drug-likeness (QED) is 0.820. The summed E-state index contributed by atoms with van der Waals surface area (Å²) in [7, 11) is 0. The van der Waals surface area contributed by atoms with E-state index in [2.05, 4.69) is 10.9 Å². The standard InChI is InChI=1S/C19H19N3O4/c1-13-6-8-14(9-7-13)19(25)21-20-17(23)12-22-15-4-2-3-5-16(15)26-11-10-18(22)24/h2-9H,10-12H2,1H3,(H,20,23)(H,21,25). The Balaban J connectivity index is 1.63. The Labute approximate surface area is 150 Å². The van der Waals surface area contributed by atoms with Gasteiger partial charge in [0, 0.05) is 5.56 Å². The van der Waals surface area contributed by atoms with Gasteiger partial charge in [-0.2, -0.15) is 0 Å². The third-order valence-corrected chi connectivity index (χ3v) is 3.96. The molecule has 0 aliphatic carbocycles. The van der Waals surface area contributed by atoms with Crippen LogP contribution >= 0.6 is 0 Å². The van der Waals surface area contributed by atoms with Gasteiger partial charge >= 0.3 is 0 Å². The molecule has 2 N–H and O–H groups in total. The van der Waals surface area contributed by atoms with E-state index in [4.69, 9.17) is 4.74 Å². The fourth-order valence-electron chi connectivity index (χ4n) is 2.58. The molecule has 1 aliphatic heterocycles. The van der Waals surface area contributed by atoms with E-state index in [1.165, 1.54) is 4.90 Å². The molecule has 7 nitrogen and oxygen atoms in total. The van der Waals surface area contributed by atoms with Crippen LogP contribution in [0.2, 0.25) is 0 Å². The van der Waals surface area contributed by atoms with Crippen LogP contribution in [0.4, 0.5) is 5.69 Å². The van der Waals surface area contributed by atoms with E-state index in [0.29, 0.717) is 17.0 Å². The van der Waals surface area contributed by atoms with Gasteiger partial charge in [0.15, 0.2) is 0 Å². The minimum Gasteiger partial charge on any atom is -0.491 e. The van der Waals surface area contributed by atoms with Crippen LogP contribution in [0, 0.1) is 6.92 Å². The van der Waals surface area contributed by atoms with Gasteiger partial charge in [0.25, 0.3) is 11.8 Å². The van der Waals surface area contributed by atoms with Crippen molar-refractivity contribution >= 4 is 23.4 Å². The van der Waals surface area contributed by atoms with Crippen LogP contribution in [0.1, 0.15) is 22.3 Å². The van der Waals surface area contributed by atoms with Gasteiger partial charge in [0.2, 0.25) is 5.91 Å². The summed E-state index contributed by atoms with van der Waals surface area (Å²) in [5.74, 6) is -0.593. The lowest BCUT2D eigenvalue weighted by Gasteiger charge is -2.21. The fraction of sp³-hybridized carbons (Fsp3) is 0.211. The van der Waals surface area contributed by atoms with E-state index in [0.717, 1.165) is 5.56 Å². The Bertz CT molecular complexity index is 833. The van der Waals surface area contributed by atoms with E-state index >= 15 is 0 Å². The molecule has 26 heavy (non-hydrogen) atoms. The Hall–Kier alpha value is -3.35. The molecule has 0 fully saturated rings. The number of nitrogens with zero attached hydrogens (tertiary/aromatic N) is 1. The van der Waals surface area contributed by atoms with Gasteiger partial charge < -0.3 is 4.74 Å². The van der Waals surface area contributed by atoms with Crippen molar-refractivity contribution in [1.29, 1.82) is 0 Å². The number of ether oxygens (including phenoxy) is 1. The minimum absolute atomic E-state index is 0.178. The van der Waals surface area contributed by atoms with Crippen molar-refractivity contribution in [1.82, 2.24) is 10.9 Å². The molecule has 0 saturated carbocycles. The van der Waals surface area contributed by atoms with E-state index in [1.54, 1.807) is 36.4 Å². The van der Waals surface area contributed by atoms with Gasteiger partial charge in [-0.3, -0.25) is 30.1 Å². The first-order chi connectivity index (χ1) is 12.5. The second-order valence-corrected chi connectivity index (χ2v) is 5.91. The Morgan fingerprint density at radius 1 is 1.08 bits per heavy atom. The van der Waals surface area contributed by atoms with Gasteiger partial charge in [-0.15, -0.1) is 0 Å². The molecule has 3 amide bonds. The maximum atomic E-state index is 12.3. The minimum atomic E-state index is -0.504. The number of hydrogen-bond acceptors (Lipinski definition) is 4. The maximum absolute atomic E-state index is 12.3. The van der Waals surface area contributed by atoms with Gasteiger partial charge in [0.1, 0.15) is 12.3 Å². The number of anilines is 1. The number of aryl methyl sites for hydroxylation is 1. The Morgan fingerprint density at radius 2 is 1.81 bits per heavy atom. The van der Waals surface area contributed by atoms with Crippen LogP contribution in [0.3, 0.4) is 0 Å². The van der Waals surface area contributed by atoms with Gasteiger partial charge in [-0.05, 0) is 31.2 Å². The molecule has 1 heterocycles. The number of carbonyl (C=O) groups excluding carboxylic acids is 3. The summed E-state index contributed by atoms with van der Waals surface area (Å²) in [6.45, 7) is 1.97. The van der Waals surface area contributed by atoms with Crippen molar-refractivity contribution in [3.63, 3.8) is 0 Å². The van der Waals surface area contributed by atoms with Gasteiger partial charge in [0.05, 0.1) is 18.7 Å². The van der Waals surface area contributed by atoms with Crippen molar-refractivity contribution in [3.05, 3.63) is 59.7 Å². The van der Waals surface area contributed by atoms with Crippen molar-refractivity contribution in [3.8, 4) is 5.75 Å². The second kappa shape index (κ2) is 7.69. The third kappa shape index (κ3) is 4.00. The highest BCUT2D eigenvalue weighted by Crippen LogP contribution is 2.30. The highest BCUT2D eigenvalue weighted by Gasteiger charge is 2.25. The largest absolute Gasteiger partial charge is 0.491 e. The number of amides is 3. The number of hydrazine groups is 1. The van der Waals surface area contributed by atoms with Crippen LogP contribution in [0.15, 0.2) is 48.5 Å². The number of rotatable bonds is 3. The van der Waals surface area contributed by atoms with Crippen molar-refractivity contribution in [2.75, 3.05) is 18.1 Å². The lowest BCUT2D eigenvalue weighted by atomic mass is 10.1. The molecular weight excluding hydrogens is 334 g/mol. The van der Waals surface area contributed by atoms with E-state index in [9.17, 15) is 14.4 Å². The summed E-state index contributed by atoms with van der Waals surface area (Å²) >= 11 is 0. The molecule has 3 rings (SSSR count). The monoisotopic (exact) mass is 353 g/mol. The molecular formula is C19H19N3O4. The predicted octanol–water partition coefficient (Wildman–Crippen LogP) is 1.57. The molecule has 0 spiro atoms. The Morgan fingerprint density at radius 3 is 2.58 bits per heavy atom. The summed E-state index contributed by atoms with van der Waals surface area (Å²) in [6, 6.07) is 14.0. The zero-order valence-electron chi connectivity index (χ0n) is 14.3. The topological polar surface area (TPSA) is 87.7 Å². The van der Waals surface area contributed by atoms with Crippen LogP contribution in [-0.4, -0.2) is 30.9 Å². The normalized spacial score (nSPS) is 13.3. The van der Waals surface area contributed by atoms with Crippen LogP contribution < -0.4 is 20.5 Å². The molecule has 134 valence electrons. The molecule has 0 atom stereocenters. The number of benzene rings is 2. The highest BCUT2D eigenvalue weighted by molar-refractivity contribution is 6.01. The van der Waals surface area contributed by atoms with Crippen LogP contribution in [0.5, 0.6) is 5.75 Å². The molecule has 0 radical (unpaired) electrons. The molecule has 2 aromatic carbocycles. The summed E-state index contributed by atoms with van der Waals surface area (Å²) in [4.78, 5) is 37.9. The molecule has 0 aromatic heterocycles. The number of para-hydroxylation sites is 2. The first kappa shape index (κ1) is 17.5. The summed E-state index contributed by atoms with van der Waals surface area (Å²) in [6.07, 6.45) is 0.178. The SMILES string of the molecule is Cc1ccc(C(=O)NNC(=O)CN2C(=O)CCOc3ccccc32)cc1. The number of fused-ring (bicyclic) bond motifs is 1. The Kier molecular flexibility index (Phi) is 5.17. The van der Waals surface area contributed by atoms with Gasteiger partial charge in [-0.1, -0.05) is 29.8 Å². The highest BCUT2D eigenvalue weighted by atomic mass is 16.5. The average molecular weight is 353 g/mol. The van der Waals surface area contributed by atoms with Crippen LogP contribution in [-0.2, 0) is 9.59 Å². The first-order valence-electron chi connectivity index (χ1n) is 8.22. The molecule has 1 aliphatic rings. The average Bonchev–Trinajstić information content (AvgIpc) is 2.80. The smallest absolute Gasteiger partial charge is 0.269 e. The van der Waals surface area contributed by atoms with Crippen molar-refractivity contribution in [2.24, 2.45) is 0 Å². The van der Waals surface area contributed by atoms with E-state index in [1.807, 2.05) is 19.1 Å². The lowest BCUT2D eigenvalue weighted by Crippen LogP contribution is -2.47. The van der Waals surface area contributed by atoms with Crippen LogP contribution in [0.25, 0.3) is 0 Å². The zero-order valence-corrected chi connectivity index (χ0v) is 14.3.